The van der Waals surface area contributed by atoms with Crippen molar-refractivity contribution in [2.75, 3.05) is 6.61 Å². The molecule has 0 aliphatic rings. The first-order chi connectivity index (χ1) is 8.99. The molecule has 1 heterocycles. The molecule has 0 aliphatic carbocycles. The third-order valence-corrected chi connectivity index (χ3v) is 5.81. The molecule has 2 rings (SSSR count). The van der Waals surface area contributed by atoms with Crippen LogP contribution in [-0.2, 0) is 0 Å². The van der Waals surface area contributed by atoms with Crippen LogP contribution in [0.4, 0.5) is 0 Å². The van der Waals surface area contributed by atoms with Crippen molar-refractivity contribution in [1.82, 2.24) is 0 Å². The van der Waals surface area contributed by atoms with Crippen molar-refractivity contribution >= 4 is 80.8 Å². The summed E-state index contributed by atoms with van der Waals surface area (Å²) in [5, 5.41) is 0. The maximum Gasteiger partial charge on any atom is 0.202 e. The molecule has 0 radical (unpaired) electrons. The highest BCUT2D eigenvalue weighted by Crippen LogP contribution is 2.34. The van der Waals surface area contributed by atoms with Gasteiger partial charge in [-0.3, -0.25) is 4.79 Å². The molecule has 1 aromatic heterocycles. The number of ketones is 1. The van der Waals surface area contributed by atoms with Crippen LogP contribution < -0.4 is 4.74 Å². The fraction of sp³-hybridized carbons (Fsp3) is 0.0833. The number of hydrogen-bond acceptors (Lipinski definition) is 3. The van der Waals surface area contributed by atoms with Gasteiger partial charge in [0, 0.05) is 5.56 Å². The summed E-state index contributed by atoms with van der Waals surface area (Å²) in [6.07, 6.45) is 0. The quantitative estimate of drug-likeness (QED) is 0.447. The average Bonchev–Trinajstić information content (AvgIpc) is 2.67. The second-order valence-electron chi connectivity index (χ2n) is 3.50. The number of thiophene rings is 1. The Morgan fingerprint density at radius 2 is 1.79 bits per heavy atom. The Hall–Kier alpha value is 0.310. The predicted octanol–water partition coefficient (Wildman–Crippen LogP) is 6.06. The molecule has 1 aromatic carbocycles. The number of rotatable bonds is 4. The summed E-state index contributed by atoms with van der Waals surface area (Å²) >= 11 is 15.0. The van der Waals surface area contributed by atoms with Gasteiger partial charge in [-0.25, -0.2) is 0 Å². The van der Waals surface area contributed by atoms with Crippen LogP contribution in [0.3, 0.4) is 0 Å². The number of hydrogen-bond donors (Lipinski definition) is 0. The van der Waals surface area contributed by atoms with Gasteiger partial charge in [0.15, 0.2) is 6.61 Å². The van der Waals surface area contributed by atoms with Crippen molar-refractivity contribution in [2.24, 2.45) is 0 Å². The molecular weight excluding hydrogens is 528 g/mol. The second-order valence-corrected chi connectivity index (χ2v) is 8.96. The van der Waals surface area contributed by atoms with E-state index < -0.39 is 0 Å². The lowest BCUT2D eigenvalue weighted by Crippen LogP contribution is -2.11. The molecule has 0 saturated heterocycles. The number of para-hydroxylation sites is 1. The van der Waals surface area contributed by atoms with E-state index in [0.717, 1.165) is 16.5 Å². The van der Waals surface area contributed by atoms with Gasteiger partial charge < -0.3 is 4.74 Å². The first-order valence-electron chi connectivity index (χ1n) is 5.04. The van der Waals surface area contributed by atoms with Crippen LogP contribution in [0.2, 0.25) is 0 Å². The van der Waals surface area contributed by atoms with Crippen LogP contribution in [0, 0.1) is 0 Å². The summed E-state index contributed by atoms with van der Waals surface area (Å²) in [6.45, 7) is -0.0109. The number of ether oxygens (including phenoxy) is 1. The third-order valence-electron chi connectivity index (χ3n) is 2.22. The molecule has 2 aromatic rings. The SMILES string of the molecule is O=C(COc1c(Br)cccc1Br)c1cc(Br)sc1Br. The molecule has 0 spiro atoms. The van der Waals surface area contributed by atoms with Gasteiger partial charge in [0.25, 0.3) is 0 Å². The van der Waals surface area contributed by atoms with Gasteiger partial charge in [0.05, 0.1) is 16.5 Å². The van der Waals surface area contributed by atoms with E-state index in [9.17, 15) is 4.79 Å². The van der Waals surface area contributed by atoms with Gasteiger partial charge in [-0.05, 0) is 81.9 Å². The molecule has 19 heavy (non-hydrogen) atoms. The smallest absolute Gasteiger partial charge is 0.202 e. The number of halogens is 4. The Morgan fingerprint density at radius 3 is 2.32 bits per heavy atom. The monoisotopic (exact) mass is 530 g/mol. The third kappa shape index (κ3) is 3.91. The molecule has 0 amide bonds. The van der Waals surface area contributed by atoms with Crippen molar-refractivity contribution in [1.29, 1.82) is 0 Å². The lowest BCUT2D eigenvalue weighted by atomic mass is 10.2. The van der Waals surface area contributed by atoms with Crippen molar-refractivity contribution in [3.63, 3.8) is 0 Å². The molecular formula is C12H6Br4O2S. The molecule has 2 nitrogen and oxygen atoms in total. The maximum atomic E-state index is 12.1. The molecule has 0 saturated carbocycles. The number of carbonyl (C=O) groups excluding carboxylic acids is 1. The van der Waals surface area contributed by atoms with Crippen LogP contribution >= 0.6 is 75.1 Å². The highest BCUT2D eigenvalue weighted by Gasteiger charge is 2.15. The van der Waals surface area contributed by atoms with E-state index >= 15 is 0 Å². The Kier molecular flexibility index (Phi) is 5.65. The summed E-state index contributed by atoms with van der Waals surface area (Å²) < 4.78 is 8.90. The minimum atomic E-state index is -0.0727. The first-order valence-corrected chi connectivity index (χ1v) is 9.02. The standard InChI is InChI=1S/C12H6Br4O2S/c13-7-2-1-3-8(14)11(7)18-5-9(17)6-4-10(15)19-12(6)16/h1-4H,5H2. The molecule has 0 aliphatic heterocycles. The molecule has 0 bridgehead atoms. The largest absolute Gasteiger partial charge is 0.483 e. The lowest BCUT2D eigenvalue weighted by molar-refractivity contribution is 0.0920. The first kappa shape index (κ1) is 15.7. The Morgan fingerprint density at radius 1 is 1.16 bits per heavy atom. The topological polar surface area (TPSA) is 26.3 Å². The zero-order chi connectivity index (χ0) is 14.0. The number of benzene rings is 1. The van der Waals surface area contributed by atoms with Crippen LogP contribution in [0.5, 0.6) is 5.75 Å². The van der Waals surface area contributed by atoms with Gasteiger partial charge in [0.1, 0.15) is 5.75 Å². The van der Waals surface area contributed by atoms with Gasteiger partial charge in [-0.15, -0.1) is 11.3 Å². The summed E-state index contributed by atoms with van der Waals surface area (Å²) in [7, 11) is 0. The highest BCUT2D eigenvalue weighted by molar-refractivity contribution is 9.12. The van der Waals surface area contributed by atoms with E-state index in [1.165, 1.54) is 11.3 Å². The zero-order valence-electron chi connectivity index (χ0n) is 9.25. The van der Waals surface area contributed by atoms with Crippen LogP contribution in [0.15, 0.2) is 40.8 Å². The maximum absolute atomic E-state index is 12.1. The predicted molar refractivity (Wildman–Crippen MR) is 91.4 cm³/mol. The van der Waals surface area contributed by atoms with E-state index in [1.54, 1.807) is 6.07 Å². The van der Waals surface area contributed by atoms with E-state index in [4.69, 9.17) is 4.74 Å². The Labute approximate surface area is 148 Å². The van der Waals surface area contributed by atoms with E-state index in [2.05, 4.69) is 63.7 Å². The summed E-state index contributed by atoms with van der Waals surface area (Å²) in [5.74, 6) is 0.553. The fourth-order valence-corrected chi connectivity index (χ4v) is 5.45. The van der Waals surface area contributed by atoms with Crippen LogP contribution in [-0.4, -0.2) is 12.4 Å². The van der Waals surface area contributed by atoms with E-state index in [-0.39, 0.29) is 12.4 Å². The Balaban J connectivity index is 2.11. The molecule has 100 valence electrons. The lowest BCUT2D eigenvalue weighted by Gasteiger charge is -2.09. The van der Waals surface area contributed by atoms with Crippen molar-refractivity contribution in [2.45, 2.75) is 0 Å². The van der Waals surface area contributed by atoms with Gasteiger partial charge in [0.2, 0.25) is 5.78 Å². The zero-order valence-corrected chi connectivity index (χ0v) is 16.4. The van der Waals surface area contributed by atoms with Crippen molar-refractivity contribution < 1.29 is 9.53 Å². The number of carbonyl (C=O) groups is 1. The van der Waals surface area contributed by atoms with Crippen molar-refractivity contribution in [3.05, 3.63) is 46.3 Å². The second kappa shape index (κ2) is 6.85. The van der Waals surface area contributed by atoms with Gasteiger partial charge in [-0.1, -0.05) is 6.07 Å². The van der Waals surface area contributed by atoms with Gasteiger partial charge >= 0.3 is 0 Å². The highest BCUT2D eigenvalue weighted by atomic mass is 79.9. The summed E-state index contributed by atoms with van der Waals surface area (Å²) in [5.41, 5.74) is 0.625. The molecule has 7 heteroatoms. The average molecular weight is 534 g/mol. The summed E-state index contributed by atoms with van der Waals surface area (Å²) in [6, 6.07) is 7.40. The van der Waals surface area contributed by atoms with E-state index in [1.807, 2.05) is 18.2 Å². The number of Topliss-reactive ketones (excluding diaryl/α,β-unsaturated/α-hetero) is 1. The molecule has 0 fully saturated rings. The van der Waals surface area contributed by atoms with Gasteiger partial charge in [-0.2, -0.15) is 0 Å². The minimum Gasteiger partial charge on any atom is -0.483 e. The van der Waals surface area contributed by atoms with Crippen molar-refractivity contribution in [3.8, 4) is 5.75 Å². The summed E-state index contributed by atoms with van der Waals surface area (Å²) in [4.78, 5) is 12.1. The van der Waals surface area contributed by atoms with E-state index in [0.29, 0.717) is 11.3 Å². The fourth-order valence-electron chi connectivity index (χ4n) is 1.37. The van der Waals surface area contributed by atoms with Crippen LogP contribution in [0.1, 0.15) is 10.4 Å². The molecule has 0 unspecified atom stereocenters. The normalized spacial score (nSPS) is 10.5. The molecule has 0 atom stereocenters. The molecule has 0 N–H and O–H groups in total. The minimum absolute atomic E-state index is 0.0109. The van der Waals surface area contributed by atoms with Crippen LogP contribution in [0.25, 0.3) is 0 Å². The Bertz CT molecular complexity index is 604.